The summed E-state index contributed by atoms with van der Waals surface area (Å²) in [6.07, 6.45) is -0.463. The minimum Gasteiger partial charge on any atom is -0.480 e. The molecule has 7 heteroatoms. The molecule has 0 radical (unpaired) electrons. The zero-order chi connectivity index (χ0) is 11.6. The van der Waals surface area contributed by atoms with E-state index in [1.54, 1.807) is 0 Å². The smallest absolute Gasteiger partial charge is 0.323 e. The van der Waals surface area contributed by atoms with E-state index in [1.807, 2.05) is 0 Å². The van der Waals surface area contributed by atoms with Crippen molar-refractivity contribution in [2.75, 3.05) is 20.1 Å². The van der Waals surface area contributed by atoms with Crippen molar-refractivity contribution in [3.8, 4) is 0 Å². The van der Waals surface area contributed by atoms with E-state index in [4.69, 9.17) is 5.11 Å². The van der Waals surface area contributed by atoms with Gasteiger partial charge in [0.05, 0.1) is 6.54 Å². The lowest BCUT2D eigenvalue weighted by molar-refractivity contribution is -0.151. The Morgan fingerprint density at radius 2 is 1.87 bits per heavy atom. The largest absolute Gasteiger partial charge is 0.480 e. The first-order chi connectivity index (χ1) is 6.91. The third kappa shape index (κ3) is 2.52. The Balaban J connectivity index is 2.86. The van der Waals surface area contributed by atoms with Crippen molar-refractivity contribution in [1.82, 2.24) is 9.80 Å². The molecule has 1 rings (SSSR count). The van der Waals surface area contributed by atoms with Gasteiger partial charge in [-0.3, -0.25) is 24.1 Å². The molecule has 7 nitrogen and oxygen atoms in total. The first-order valence-electron chi connectivity index (χ1n) is 4.20. The predicted molar refractivity (Wildman–Crippen MR) is 46.6 cm³/mol. The van der Waals surface area contributed by atoms with Crippen molar-refractivity contribution < 1.29 is 24.3 Å². The van der Waals surface area contributed by atoms with E-state index in [-0.39, 0.29) is 6.54 Å². The molecule has 1 aliphatic rings. The molecular weight excluding hydrogens is 204 g/mol. The normalized spacial score (nSPS) is 18.1. The van der Waals surface area contributed by atoms with Crippen LogP contribution in [0.1, 0.15) is 6.42 Å². The molecule has 0 aliphatic carbocycles. The minimum absolute atomic E-state index is 0.266. The monoisotopic (exact) mass is 214 g/mol. The van der Waals surface area contributed by atoms with Crippen LogP contribution >= 0.6 is 0 Å². The van der Waals surface area contributed by atoms with E-state index >= 15 is 0 Å². The third-order valence-corrected chi connectivity index (χ3v) is 2.00. The summed E-state index contributed by atoms with van der Waals surface area (Å²) < 4.78 is 0. The van der Waals surface area contributed by atoms with Crippen LogP contribution in [0.3, 0.4) is 0 Å². The number of carbonyl (C=O) groups is 4. The van der Waals surface area contributed by atoms with Gasteiger partial charge in [-0.25, -0.2) is 0 Å². The second-order valence-electron chi connectivity index (χ2n) is 3.19. The third-order valence-electron chi connectivity index (χ3n) is 2.00. The summed E-state index contributed by atoms with van der Waals surface area (Å²) >= 11 is 0. The summed E-state index contributed by atoms with van der Waals surface area (Å²) in [7, 11) is 1.39. The maximum atomic E-state index is 11.4. The van der Waals surface area contributed by atoms with Crippen LogP contribution in [-0.2, 0) is 19.2 Å². The molecule has 82 valence electrons. The molecule has 0 aromatic rings. The number of imide groups is 1. The number of carboxylic acids is 1. The van der Waals surface area contributed by atoms with Crippen LogP contribution in [0.5, 0.6) is 0 Å². The highest BCUT2D eigenvalue weighted by molar-refractivity contribution is 6.09. The lowest BCUT2D eigenvalue weighted by Gasteiger charge is -2.15. The van der Waals surface area contributed by atoms with Crippen LogP contribution in [0.15, 0.2) is 0 Å². The predicted octanol–water partition coefficient (Wildman–Crippen LogP) is -1.71. The van der Waals surface area contributed by atoms with Gasteiger partial charge in [-0.2, -0.15) is 0 Å². The fraction of sp³-hybridized carbons (Fsp3) is 0.500. The second kappa shape index (κ2) is 4.07. The zero-order valence-corrected chi connectivity index (χ0v) is 8.10. The Bertz CT molecular complexity index is 338. The number of hydrogen-bond donors (Lipinski definition) is 1. The van der Waals surface area contributed by atoms with E-state index in [9.17, 15) is 19.2 Å². The van der Waals surface area contributed by atoms with Crippen LogP contribution in [-0.4, -0.2) is 58.7 Å². The number of nitrogens with zero attached hydrogens (tertiary/aromatic N) is 2. The Morgan fingerprint density at radius 3 is 2.40 bits per heavy atom. The van der Waals surface area contributed by atoms with Crippen LogP contribution in [0.25, 0.3) is 0 Å². The van der Waals surface area contributed by atoms with Gasteiger partial charge in [0.1, 0.15) is 13.0 Å². The Morgan fingerprint density at radius 1 is 1.27 bits per heavy atom. The summed E-state index contributed by atoms with van der Waals surface area (Å²) in [5, 5.41) is 8.48. The standard InChI is InChI=1S/C8H10N2O5/c1-9-3-7(13)10(4-8(14)15)6(12)2-5(9)11/h2-4H2,1H3,(H,14,15). The Kier molecular flexibility index (Phi) is 3.03. The summed E-state index contributed by atoms with van der Waals surface area (Å²) in [6, 6.07) is 0. The van der Waals surface area contributed by atoms with E-state index in [2.05, 4.69) is 0 Å². The van der Waals surface area contributed by atoms with Crippen molar-refractivity contribution in [2.45, 2.75) is 6.42 Å². The molecule has 15 heavy (non-hydrogen) atoms. The number of likely N-dealkylation sites (N-methyl/N-ethyl adjacent to an activating group) is 1. The summed E-state index contributed by atoms with van der Waals surface area (Å²) in [6.45, 7) is -0.962. The maximum Gasteiger partial charge on any atom is 0.323 e. The van der Waals surface area contributed by atoms with Crippen molar-refractivity contribution >= 4 is 23.7 Å². The molecule has 1 saturated heterocycles. The summed E-state index contributed by atoms with van der Waals surface area (Å²) in [5.41, 5.74) is 0. The first kappa shape index (κ1) is 11.2. The molecule has 3 amide bonds. The van der Waals surface area contributed by atoms with E-state index in [1.165, 1.54) is 7.05 Å². The van der Waals surface area contributed by atoms with Gasteiger partial charge >= 0.3 is 5.97 Å². The number of aliphatic carboxylic acids is 1. The lowest BCUT2D eigenvalue weighted by Crippen LogP contribution is -2.41. The Labute approximate surface area is 85.2 Å². The molecule has 1 aliphatic heterocycles. The molecule has 0 atom stereocenters. The fourth-order valence-electron chi connectivity index (χ4n) is 1.19. The molecule has 1 fully saturated rings. The van der Waals surface area contributed by atoms with Crippen molar-refractivity contribution in [2.24, 2.45) is 0 Å². The van der Waals surface area contributed by atoms with Gasteiger partial charge < -0.3 is 10.0 Å². The van der Waals surface area contributed by atoms with E-state index < -0.39 is 36.7 Å². The van der Waals surface area contributed by atoms with Crippen molar-refractivity contribution in [3.63, 3.8) is 0 Å². The summed E-state index contributed by atoms with van der Waals surface area (Å²) in [5.74, 6) is -3.21. The summed E-state index contributed by atoms with van der Waals surface area (Å²) in [4.78, 5) is 45.9. The van der Waals surface area contributed by atoms with Gasteiger partial charge in [0.25, 0.3) is 0 Å². The SMILES string of the molecule is CN1CC(=O)N(CC(=O)O)C(=O)CC1=O. The highest BCUT2D eigenvalue weighted by atomic mass is 16.4. The highest BCUT2D eigenvalue weighted by Crippen LogP contribution is 2.05. The number of carboxylic acid groups (broad SMARTS) is 1. The zero-order valence-electron chi connectivity index (χ0n) is 8.10. The minimum atomic E-state index is -1.28. The fourth-order valence-corrected chi connectivity index (χ4v) is 1.19. The number of rotatable bonds is 2. The average molecular weight is 214 g/mol. The number of carbonyl (C=O) groups excluding carboxylic acids is 3. The number of hydrogen-bond acceptors (Lipinski definition) is 4. The van der Waals surface area contributed by atoms with Crippen molar-refractivity contribution in [3.05, 3.63) is 0 Å². The van der Waals surface area contributed by atoms with Gasteiger partial charge in [0.15, 0.2) is 0 Å². The van der Waals surface area contributed by atoms with Crippen LogP contribution < -0.4 is 0 Å². The molecule has 0 aromatic heterocycles. The van der Waals surface area contributed by atoms with Crippen LogP contribution in [0, 0.1) is 0 Å². The molecule has 0 aromatic carbocycles. The highest BCUT2D eigenvalue weighted by Gasteiger charge is 2.31. The average Bonchev–Trinajstić information content (AvgIpc) is 2.19. The lowest BCUT2D eigenvalue weighted by atomic mass is 10.3. The van der Waals surface area contributed by atoms with E-state index in [0.29, 0.717) is 4.90 Å². The maximum absolute atomic E-state index is 11.4. The molecule has 1 heterocycles. The van der Waals surface area contributed by atoms with Crippen LogP contribution in [0.4, 0.5) is 0 Å². The number of amides is 3. The Hall–Kier alpha value is -1.92. The van der Waals surface area contributed by atoms with Gasteiger partial charge in [-0.15, -0.1) is 0 Å². The second-order valence-corrected chi connectivity index (χ2v) is 3.19. The van der Waals surface area contributed by atoms with Gasteiger partial charge in [-0.05, 0) is 0 Å². The van der Waals surface area contributed by atoms with Gasteiger partial charge in [0, 0.05) is 7.05 Å². The van der Waals surface area contributed by atoms with E-state index in [0.717, 1.165) is 4.90 Å². The molecule has 0 bridgehead atoms. The van der Waals surface area contributed by atoms with Crippen molar-refractivity contribution in [1.29, 1.82) is 0 Å². The van der Waals surface area contributed by atoms with Crippen LogP contribution in [0.2, 0.25) is 0 Å². The van der Waals surface area contributed by atoms with Gasteiger partial charge in [0.2, 0.25) is 17.7 Å². The quantitative estimate of drug-likeness (QED) is 0.436. The molecule has 0 spiro atoms. The molecule has 0 unspecified atom stereocenters. The topological polar surface area (TPSA) is 95.0 Å². The first-order valence-corrected chi connectivity index (χ1v) is 4.20. The molecular formula is C8H10N2O5. The molecule has 1 N–H and O–H groups in total. The van der Waals surface area contributed by atoms with Gasteiger partial charge in [-0.1, -0.05) is 0 Å². The molecule has 0 saturated carbocycles.